The molecule has 0 N–H and O–H groups in total. The summed E-state index contributed by atoms with van der Waals surface area (Å²) in [6.07, 6.45) is 12.4. The van der Waals surface area contributed by atoms with E-state index in [9.17, 15) is 0 Å². The molecular formula is C19H28. The molecule has 0 heterocycles. The van der Waals surface area contributed by atoms with Crippen molar-refractivity contribution in [1.82, 2.24) is 0 Å². The van der Waals surface area contributed by atoms with Gasteiger partial charge in [0.2, 0.25) is 0 Å². The van der Waals surface area contributed by atoms with Crippen LogP contribution in [0.5, 0.6) is 0 Å². The van der Waals surface area contributed by atoms with Crippen LogP contribution in [0.2, 0.25) is 0 Å². The van der Waals surface area contributed by atoms with E-state index < -0.39 is 0 Å². The van der Waals surface area contributed by atoms with Crippen molar-refractivity contribution in [2.75, 3.05) is 0 Å². The summed E-state index contributed by atoms with van der Waals surface area (Å²) in [7, 11) is 0. The minimum absolute atomic E-state index is 0.833. The van der Waals surface area contributed by atoms with E-state index in [0.29, 0.717) is 0 Å². The van der Waals surface area contributed by atoms with Gasteiger partial charge in [0.25, 0.3) is 0 Å². The smallest absolute Gasteiger partial charge is 0.0146 e. The Kier molecular flexibility index (Phi) is 2.57. The third-order valence-corrected chi connectivity index (χ3v) is 7.10. The van der Waals surface area contributed by atoms with Crippen molar-refractivity contribution in [2.45, 2.75) is 58.8 Å². The van der Waals surface area contributed by atoms with Crippen LogP contribution in [0.1, 0.15) is 58.8 Å². The van der Waals surface area contributed by atoms with Gasteiger partial charge in [-0.1, -0.05) is 30.7 Å². The van der Waals surface area contributed by atoms with Crippen molar-refractivity contribution in [1.29, 1.82) is 0 Å². The summed E-state index contributed by atoms with van der Waals surface area (Å²) in [5.41, 5.74) is 4.08. The van der Waals surface area contributed by atoms with E-state index in [-0.39, 0.29) is 0 Å². The van der Waals surface area contributed by atoms with E-state index in [1.807, 2.05) is 0 Å². The zero-order valence-corrected chi connectivity index (χ0v) is 12.6. The first-order valence-electron chi connectivity index (χ1n) is 8.47. The van der Waals surface area contributed by atoms with E-state index in [2.05, 4.69) is 26.5 Å². The van der Waals surface area contributed by atoms with E-state index in [1.165, 1.54) is 38.5 Å². The predicted molar refractivity (Wildman–Crippen MR) is 80.8 cm³/mol. The number of rotatable bonds is 1. The monoisotopic (exact) mass is 256 g/mol. The number of hydrogen-bond donors (Lipinski definition) is 0. The molecule has 0 amide bonds. The van der Waals surface area contributed by atoms with E-state index in [4.69, 9.17) is 0 Å². The molecular weight excluding hydrogens is 228 g/mol. The zero-order chi connectivity index (χ0) is 13.2. The van der Waals surface area contributed by atoms with E-state index >= 15 is 0 Å². The highest BCUT2D eigenvalue weighted by molar-refractivity contribution is 5.29. The fourth-order valence-electron chi connectivity index (χ4n) is 5.89. The molecule has 0 heteroatoms. The van der Waals surface area contributed by atoms with Crippen molar-refractivity contribution in [3.63, 3.8) is 0 Å². The summed E-state index contributed by atoms with van der Waals surface area (Å²) in [6.45, 7) is 9.38. The first-order valence-corrected chi connectivity index (χ1v) is 8.47. The highest BCUT2D eigenvalue weighted by Crippen LogP contribution is 2.85. The fraction of sp³-hybridized carbons (Fsp3) is 0.789. The summed E-state index contributed by atoms with van der Waals surface area (Å²) in [6, 6.07) is 0. The van der Waals surface area contributed by atoms with Crippen molar-refractivity contribution in [3.05, 3.63) is 23.8 Å². The first-order chi connectivity index (χ1) is 9.13. The normalized spacial score (nSPS) is 52.4. The topological polar surface area (TPSA) is 0 Å². The third kappa shape index (κ3) is 1.71. The molecule has 6 unspecified atom stereocenters. The quantitative estimate of drug-likeness (QED) is 0.554. The van der Waals surface area contributed by atoms with Crippen LogP contribution in [0.25, 0.3) is 0 Å². The largest absolute Gasteiger partial charge is 0.0996 e. The summed E-state index contributed by atoms with van der Waals surface area (Å²) in [5, 5.41) is 0. The van der Waals surface area contributed by atoms with Crippen LogP contribution in [0.3, 0.4) is 0 Å². The zero-order valence-electron chi connectivity index (χ0n) is 12.6. The molecule has 0 aliphatic heterocycles. The SMILES string of the molecule is C=C1CCCC23CC2C3C(C)C1C1CC=C(C)CC1. The lowest BCUT2D eigenvalue weighted by molar-refractivity contribution is 0.183. The molecule has 0 bridgehead atoms. The van der Waals surface area contributed by atoms with Crippen LogP contribution >= 0.6 is 0 Å². The number of fused-ring (bicyclic) bond motifs is 1. The Morgan fingerprint density at radius 2 is 2.16 bits per heavy atom. The van der Waals surface area contributed by atoms with Crippen molar-refractivity contribution in [2.24, 2.45) is 35.0 Å². The predicted octanol–water partition coefficient (Wildman–Crippen LogP) is 5.36. The van der Waals surface area contributed by atoms with Gasteiger partial charge < -0.3 is 0 Å². The van der Waals surface area contributed by atoms with Crippen LogP contribution in [0.15, 0.2) is 23.8 Å². The summed E-state index contributed by atoms with van der Waals surface area (Å²) >= 11 is 0. The maximum absolute atomic E-state index is 4.51. The minimum Gasteiger partial charge on any atom is -0.0996 e. The Morgan fingerprint density at radius 3 is 2.84 bits per heavy atom. The van der Waals surface area contributed by atoms with Crippen LogP contribution in [0.4, 0.5) is 0 Å². The molecule has 19 heavy (non-hydrogen) atoms. The molecule has 0 aromatic rings. The van der Waals surface area contributed by atoms with Gasteiger partial charge in [-0.3, -0.25) is 0 Å². The van der Waals surface area contributed by atoms with Gasteiger partial charge in [0, 0.05) is 0 Å². The van der Waals surface area contributed by atoms with Crippen molar-refractivity contribution < 1.29 is 0 Å². The highest BCUT2D eigenvalue weighted by Gasteiger charge is 2.79. The Morgan fingerprint density at radius 1 is 1.32 bits per heavy atom. The Hall–Kier alpha value is -0.520. The van der Waals surface area contributed by atoms with Gasteiger partial charge in [-0.2, -0.15) is 0 Å². The van der Waals surface area contributed by atoms with Gasteiger partial charge in [-0.05, 0) is 86.9 Å². The molecule has 0 aromatic heterocycles. The van der Waals surface area contributed by atoms with E-state index in [1.54, 1.807) is 17.6 Å². The van der Waals surface area contributed by atoms with Gasteiger partial charge in [0.05, 0.1) is 0 Å². The van der Waals surface area contributed by atoms with Gasteiger partial charge >= 0.3 is 0 Å². The maximum Gasteiger partial charge on any atom is -0.0146 e. The first kappa shape index (κ1) is 12.2. The molecule has 0 radical (unpaired) electrons. The van der Waals surface area contributed by atoms with Gasteiger partial charge in [-0.25, -0.2) is 0 Å². The molecule has 0 saturated heterocycles. The third-order valence-electron chi connectivity index (χ3n) is 7.10. The summed E-state index contributed by atoms with van der Waals surface area (Å²) in [4.78, 5) is 0. The highest BCUT2D eigenvalue weighted by atomic mass is 14.8. The molecule has 4 rings (SSSR count). The maximum atomic E-state index is 4.51. The molecule has 4 aliphatic rings. The van der Waals surface area contributed by atoms with Gasteiger partial charge in [-0.15, -0.1) is 0 Å². The lowest BCUT2D eigenvalue weighted by Crippen LogP contribution is -2.30. The van der Waals surface area contributed by atoms with E-state index in [0.717, 1.165) is 35.0 Å². The summed E-state index contributed by atoms with van der Waals surface area (Å²) in [5.74, 6) is 4.88. The lowest BCUT2D eigenvalue weighted by Gasteiger charge is -2.38. The molecule has 0 nitrogen and oxygen atoms in total. The molecule has 1 spiro atoms. The van der Waals surface area contributed by atoms with Crippen LogP contribution in [-0.2, 0) is 0 Å². The number of allylic oxidation sites excluding steroid dienone is 3. The van der Waals surface area contributed by atoms with Crippen molar-refractivity contribution >= 4 is 0 Å². The number of hydrogen-bond acceptors (Lipinski definition) is 0. The Labute approximate surface area is 118 Å². The molecule has 3 saturated carbocycles. The fourth-order valence-corrected chi connectivity index (χ4v) is 5.89. The second kappa shape index (κ2) is 3.99. The van der Waals surface area contributed by atoms with Crippen LogP contribution < -0.4 is 0 Å². The van der Waals surface area contributed by atoms with Crippen LogP contribution in [-0.4, -0.2) is 0 Å². The standard InChI is InChI=1S/C19H28/c1-12-6-8-15(9-7-12)17-13(2)5-4-10-19-11-16(19)18(19)14(17)3/h6,14-18H,2,4-5,7-11H2,1,3H3. The minimum atomic E-state index is 0.833. The Balaban J connectivity index is 1.56. The van der Waals surface area contributed by atoms with Gasteiger partial charge in [0.15, 0.2) is 0 Å². The average Bonchev–Trinajstić information content (AvgIpc) is 3.20. The summed E-state index contributed by atoms with van der Waals surface area (Å²) < 4.78 is 0. The Bertz CT molecular complexity index is 443. The second-order valence-electron chi connectivity index (χ2n) is 8.05. The molecule has 104 valence electrons. The molecule has 3 fully saturated rings. The molecule has 0 aromatic carbocycles. The van der Waals surface area contributed by atoms with Gasteiger partial charge in [0.1, 0.15) is 0 Å². The molecule has 6 atom stereocenters. The van der Waals surface area contributed by atoms with Crippen LogP contribution in [0, 0.1) is 35.0 Å². The lowest BCUT2D eigenvalue weighted by atomic mass is 9.66. The average molecular weight is 256 g/mol. The second-order valence-corrected chi connectivity index (χ2v) is 8.05. The molecule has 4 aliphatic carbocycles. The van der Waals surface area contributed by atoms with Crippen molar-refractivity contribution in [3.8, 4) is 0 Å².